The summed E-state index contributed by atoms with van der Waals surface area (Å²) in [5.41, 5.74) is 3.03. The van der Waals surface area contributed by atoms with Crippen molar-refractivity contribution in [2.75, 3.05) is 6.54 Å². The number of carbonyl (C=O) groups is 1. The van der Waals surface area contributed by atoms with Crippen LogP contribution in [0.4, 0.5) is 4.79 Å². The first-order valence-electron chi connectivity index (χ1n) is 9.08. The average Bonchev–Trinajstić information content (AvgIpc) is 2.88. The molecule has 2 aromatic rings. The molecule has 0 aromatic carbocycles. The lowest BCUT2D eigenvalue weighted by molar-refractivity contribution is 0.186. The Labute approximate surface area is 142 Å². The topological polar surface area (TPSA) is 58.1 Å². The molecule has 1 N–H and O–H groups in total. The summed E-state index contributed by atoms with van der Waals surface area (Å²) >= 11 is 0. The minimum atomic E-state index is 0.0823. The molecule has 2 aromatic heterocycles. The first-order valence-corrected chi connectivity index (χ1v) is 9.08. The molecule has 0 atom stereocenters. The fourth-order valence-electron chi connectivity index (χ4n) is 3.83. The fraction of sp³-hybridized carbons (Fsp3) is 0.526. The maximum absolute atomic E-state index is 12.6. The van der Waals surface area contributed by atoms with Crippen LogP contribution in [0.5, 0.6) is 0 Å². The molecule has 2 amide bonds. The Morgan fingerprint density at radius 3 is 2.88 bits per heavy atom. The fourth-order valence-corrected chi connectivity index (χ4v) is 3.83. The molecule has 1 aliphatic heterocycles. The lowest BCUT2D eigenvalue weighted by Crippen LogP contribution is -2.46. The monoisotopic (exact) mass is 324 g/mol. The van der Waals surface area contributed by atoms with Gasteiger partial charge in [-0.15, -0.1) is 0 Å². The molecule has 4 rings (SSSR count). The van der Waals surface area contributed by atoms with Crippen LogP contribution in [-0.4, -0.2) is 33.5 Å². The van der Waals surface area contributed by atoms with Gasteiger partial charge in [0.1, 0.15) is 0 Å². The molecule has 0 unspecified atom stereocenters. The van der Waals surface area contributed by atoms with Gasteiger partial charge in [-0.1, -0.05) is 25.7 Å². The highest BCUT2D eigenvalue weighted by Gasteiger charge is 2.24. The number of hydrogen-bond donors (Lipinski definition) is 1. The van der Waals surface area contributed by atoms with Crippen LogP contribution in [-0.2, 0) is 13.0 Å². The normalized spacial score (nSPS) is 18.9. The van der Waals surface area contributed by atoms with E-state index in [0.29, 0.717) is 12.6 Å². The largest absolute Gasteiger partial charge is 0.335 e. The van der Waals surface area contributed by atoms with E-state index >= 15 is 0 Å². The maximum Gasteiger partial charge on any atom is 0.317 e. The van der Waals surface area contributed by atoms with Crippen molar-refractivity contribution in [3.63, 3.8) is 0 Å². The number of amides is 2. The molecule has 24 heavy (non-hydrogen) atoms. The van der Waals surface area contributed by atoms with E-state index in [9.17, 15) is 4.79 Å². The van der Waals surface area contributed by atoms with E-state index in [1.54, 1.807) is 6.20 Å². The van der Waals surface area contributed by atoms with Gasteiger partial charge in [0.25, 0.3) is 0 Å². The quantitative estimate of drug-likeness (QED) is 0.818. The van der Waals surface area contributed by atoms with Gasteiger partial charge in [0.05, 0.1) is 0 Å². The molecule has 1 saturated carbocycles. The Morgan fingerprint density at radius 2 is 2.04 bits per heavy atom. The van der Waals surface area contributed by atoms with E-state index < -0.39 is 0 Å². The standard InChI is InChI=1S/C19H24N4O/c24-19(21-16-7-3-1-2-4-8-16)23-11-9-17-15(13-23)12-14-6-5-10-20-18(14)22-17/h5-6,10,12,16H,1-4,7-9,11,13H2,(H,21,24). The lowest BCUT2D eigenvalue weighted by atomic mass is 10.0. The Bertz CT molecular complexity index is 737. The molecule has 3 heterocycles. The number of aromatic nitrogens is 2. The minimum Gasteiger partial charge on any atom is -0.335 e. The van der Waals surface area contributed by atoms with Crippen molar-refractivity contribution in [3.8, 4) is 0 Å². The van der Waals surface area contributed by atoms with Crippen LogP contribution in [0, 0.1) is 0 Å². The molecule has 5 nitrogen and oxygen atoms in total. The highest BCUT2D eigenvalue weighted by atomic mass is 16.2. The van der Waals surface area contributed by atoms with Gasteiger partial charge in [-0.05, 0) is 36.6 Å². The van der Waals surface area contributed by atoms with Crippen LogP contribution < -0.4 is 5.32 Å². The summed E-state index contributed by atoms with van der Waals surface area (Å²) in [6.45, 7) is 1.38. The van der Waals surface area contributed by atoms with Gasteiger partial charge < -0.3 is 10.2 Å². The molecular weight excluding hydrogens is 300 g/mol. The summed E-state index contributed by atoms with van der Waals surface area (Å²) in [5.74, 6) is 0. The van der Waals surface area contributed by atoms with Gasteiger partial charge in [0, 0.05) is 42.8 Å². The number of rotatable bonds is 1. The van der Waals surface area contributed by atoms with E-state index in [1.165, 1.54) is 25.7 Å². The van der Waals surface area contributed by atoms with Crippen LogP contribution in [0.15, 0.2) is 24.4 Å². The minimum absolute atomic E-state index is 0.0823. The third-order valence-corrected chi connectivity index (χ3v) is 5.21. The summed E-state index contributed by atoms with van der Waals surface area (Å²) in [6, 6.07) is 6.52. The summed E-state index contributed by atoms with van der Waals surface area (Å²) < 4.78 is 0. The Kier molecular flexibility index (Phi) is 4.32. The Balaban J connectivity index is 1.46. The van der Waals surface area contributed by atoms with Crippen molar-refractivity contribution in [2.24, 2.45) is 0 Å². The second kappa shape index (κ2) is 6.75. The molecule has 0 radical (unpaired) electrons. The van der Waals surface area contributed by atoms with Crippen molar-refractivity contribution in [3.05, 3.63) is 35.7 Å². The number of carbonyl (C=O) groups excluding carboxylic acids is 1. The van der Waals surface area contributed by atoms with Crippen LogP contribution in [0.2, 0.25) is 0 Å². The summed E-state index contributed by atoms with van der Waals surface area (Å²) in [4.78, 5) is 23.6. The summed E-state index contributed by atoms with van der Waals surface area (Å²) in [5, 5.41) is 4.29. The van der Waals surface area contributed by atoms with Crippen LogP contribution in [0.25, 0.3) is 11.0 Å². The van der Waals surface area contributed by atoms with Gasteiger partial charge in [0.2, 0.25) is 0 Å². The van der Waals surface area contributed by atoms with Gasteiger partial charge >= 0.3 is 6.03 Å². The molecule has 1 aliphatic carbocycles. The van der Waals surface area contributed by atoms with Gasteiger partial charge in [-0.2, -0.15) is 0 Å². The molecule has 2 aliphatic rings. The third-order valence-electron chi connectivity index (χ3n) is 5.21. The number of fused-ring (bicyclic) bond motifs is 2. The van der Waals surface area contributed by atoms with E-state index in [-0.39, 0.29) is 6.03 Å². The molecule has 126 valence electrons. The van der Waals surface area contributed by atoms with Gasteiger partial charge in [-0.25, -0.2) is 14.8 Å². The molecule has 0 bridgehead atoms. The zero-order valence-corrected chi connectivity index (χ0v) is 14.0. The van der Waals surface area contributed by atoms with E-state index in [2.05, 4.69) is 21.4 Å². The molecule has 1 fully saturated rings. The average molecular weight is 324 g/mol. The third kappa shape index (κ3) is 3.21. The predicted molar refractivity (Wildman–Crippen MR) is 93.7 cm³/mol. The molecular formula is C19H24N4O. The van der Waals surface area contributed by atoms with Crippen molar-refractivity contribution in [2.45, 2.75) is 57.5 Å². The first-order chi connectivity index (χ1) is 11.8. The van der Waals surface area contributed by atoms with E-state index in [0.717, 1.165) is 48.1 Å². The van der Waals surface area contributed by atoms with Gasteiger partial charge in [-0.3, -0.25) is 0 Å². The second-order valence-electron chi connectivity index (χ2n) is 6.95. The number of urea groups is 1. The molecule has 5 heteroatoms. The van der Waals surface area contributed by atoms with E-state index in [4.69, 9.17) is 0 Å². The van der Waals surface area contributed by atoms with Crippen molar-refractivity contribution < 1.29 is 4.79 Å². The number of pyridine rings is 2. The van der Waals surface area contributed by atoms with Crippen LogP contribution >= 0.6 is 0 Å². The van der Waals surface area contributed by atoms with Crippen molar-refractivity contribution in [1.29, 1.82) is 0 Å². The van der Waals surface area contributed by atoms with E-state index in [1.807, 2.05) is 17.0 Å². The zero-order chi connectivity index (χ0) is 16.4. The zero-order valence-electron chi connectivity index (χ0n) is 14.0. The Hall–Kier alpha value is -2.17. The van der Waals surface area contributed by atoms with Gasteiger partial charge in [0.15, 0.2) is 5.65 Å². The number of hydrogen-bond acceptors (Lipinski definition) is 3. The molecule has 0 spiro atoms. The molecule has 0 saturated heterocycles. The Morgan fingerprint density at radius 1 is 1.21 bits per heavy atom. The van der Waals surface area contributed by atoms with Crippen molar-refractivity contribution >= 4 is 17.1 Å². The smallest absolute Gasteiger partial charge is 0.317 e. The lowest BCUT2D eigenvalue weighted by Gasteiger charge is -2.30. The second-order valence-corrected chi connectivity index (χ2v) is 6.95. The maximum atomic E-state index is 12.6. The highest BCUT2D eigenvalue weighted by Crippen LogP contribution is 2.22. The SMILES string of the molecule is O=C(NC1CCCCCC1)N1CCc2nc3ncccc3cc2C1. The summed E-state index contributed by atoms with van der Waals surface area (Å²) in [6.07, 6.45) is 9.89. The first kappa shape index (κ1) is 15.4. The van der Waals surface area contributed by atoms with Crippen LogP contribution in [0.3, 0.4) is 0 Å². The van der Waals surface area contributed by atoms with Crippen LogP contribution in [0.1, 0.15) is 49.8 Å². The van der Waals surface area contributed by atoms with Crippen molar-refractivity contribution in [1.82, 2.24) is 20.2 Å². The summed E-state index contributed by atoms with van der Waals surface area (Å²) in [7, 11) is 0. The predicted octanol–water partition coefficient (Wildman–Crippen LogP) is 3.42. The number of nitrogens with one attached hydrogen (secondary N) is 1. The number of nitrogens with zero attached hydrogens (tertiary/aromatic N) is 3. The highest BCUT2D eigenvalue weighted by molar-refractivity contribution is 5.77.